The number of esters is 1. The van der Waals surface area contributed by atoms with E-state index in [2.05, 4.69) is 21.2 Å². The van der Waals surface area contributed by atoms with Crippen molar-refractivity contribution >= 4 is 39.7 Å². The SMILES string of the molecule is C[C@H](NC(=O)/C=C/c1ccccc1)C(=O)OCC(=O)c1ccc(Br)cc1. The van der Waals surface area contributed by atoms with E-state index in [1.807, 2.05) is 30.3 Å². The monoisotopic (exact) mass is 415 g/mol. The molecule has 1 N–H and O–H groups in total. The Morgan fingerprint density at radius 3 is 2.38 bits per heavy atom. The van der Waals surface area contributed by atoms with Gasteiger partial charge in [0.25, 0.3) is 0 Å². The average Bonchev–Trinajstić information content (AvgIpc) is 2.65. The van der Waals surface area contributed by atoms with E-state index < -0.39 is 17.9 Å². The van der Waals surface area contributed by atoms with Crippen LogP contribution in [0.5, 0.6) is 0 Å². The van der Waals surface area contributed by atoms with Crippen molar-refractivity contribution in [3.63, 3.8) is 0 Å². The molecule has 6 heteroatoms. The van der Waals surface area contributed by atoms with Crippen molar-refractivity contribution in [3.05, 3.63) is 76.3 Å². The third-order valence-corrected chi connectivity index (χ3v) is 3.98. The van der Waals surface area contributed by atoms with E-state index in [9.17, 15) is 14.4 Å². The van der Waals surface area contributed by atoms with Crippen LogP contribution in [0.2, 0.25) is 0 Å². The van der Waals surface area contributed by atoms with E-state index in [1.54, 1.807) is 30.3 Å². The molecule has 0 aliphatic carbocycles. The van der Waals surface area contributed by atoms with Gasteiger partial charge in [0.2, 0.25) is 5.91 Å². The van der Waals surface area contributed by atoms with Gasteiger partial charge in [0.05, 0.1) is 0 Å². The highest BCUT2D eigenvalue weighted by molar-refractivity contribution is 9.10. The van der Waals surface area contributed by atoms with Crippen LogP contribution >= 0.6 is 15.9 Å². The van der Waals surface area contributed by atoms with Gasteiger partial charge >= 0.3 is 5.97 Å². The van der Waals surface area contributed by atoms with Crippen molar-refractivity contribution < 1.29 is 19.1 Å². The van der Waals surface area contributed by atoms with Crippen molar-refractivity contribution in [2.45, 2.75) is 13.0 Å². The second-order valence-corrected chi connectivity index (χ2v) is 6.43. The lowest BCUT2D eigenvalue weighted by molar-refractivity contribution is -0.145. The molecule has 0 radical (unpaired) electrons. The number of carbonyl (C=O) groups excluding carboxylic acids is 3. The maximum Gasteiger partial charge on any atom is 0.328 e. The van der Waals surface area contributed by atoms with E-state index in [0.717, 1.165) is 10.0 Å². The number of nitrogens with one attached hydrogen (secondary N) is 1. The molecule has 0 spiro atoms. The lowest BCUT2D eigenvalue weighted by atomic mass is 10.1. The Hall–Kier alpha value is -2.73. The summed E-state index contributed by atoms with van der Waals surface area (Å²) in [7, 11) is 0. The van der Waals surface area contributed by atoms with Crippen molar-refractivity contribution in [3.8, 4) is 0 Å². The van der Waals surface area contributed by atoms with Crippen LogP contribution < -0.4 is 5.32 Å². The molecule has 0 aliphatic heterocycles. The van der Waals surface area contributed by atoms with Gasteiger partial charge in [-0.25, -0.2) is 4.79 Å². The number of hydrogen-bond donors (Lipinski definition) is 1. The number of halogens is 1. The van der Waals surface area contributed by atoms with Gasteiger partial charge in [-0.15, -0.1) is 0 Å². The van der Waals surface area contributed by atoms with E-state index in [1.165, 1.54) is 13.0 Å². The van der Waals surface area contributed by atoms with E-state index in [-0.39, 0.29) is 12.4 Å². The summed E-state index contributed by atoms with van der Waals surface area (Å²) in [6.45, 7) is 1.13. The van der Waals surface area contributed by atoms with Gasteiger partial charge < -0.3 is 10.1 Å². The van der Waals surface area contributed by atoms with Gasteiger partial charge in [0.1, 0.15) is 6.04 Å². The first kappa shape index (κ1) is 19.6. The molecular weight excluding hydrogens is 398 g/mol. The van der Waals surface area contributed by atoms with Crippen molar-refractivity contribution in [1.82, 2.24) is 5.32 Å². The van der Waals surface area contributed by atoms with E-state index in [0.29, 0.717) is 5.56 Å². The maximum absolute atomic E-state index is 12.0. The molecule has 2 aromatic carbocycles. The molecule has 0 aromatic heterocycles. The van der Waals surface area contributed by atoms with Crippen LogP contribution in [-0.2, 0) is 14.3 Å². The zero-order valence-corrected chi connectivity index (χ0v) is 15.7. The minimum absolute atomic E-state index is 0.312. The number of ether oxygens (including phenoxy) is 1. The fourth-order valence-electron chi connectivity index (χ4n) is 2.04. The van der Waals surface area contributed by atoms with Crippen LogP contribution in [0.3, 0.4) is 0 Å². The van der Waals surface area contributed by atoms with E-state index >= 15 is 0 Å². The first-order valence-electron chi connectivity index (χ1n) is 7.95. The third kappa shape index (κ3) is 6.29. The fraction of sp³-hybridized carbons (Fsp3) is 0.150. The molecule has 0 saturated carbocycles. The van der Waals surface area contributed by atoms with Crippen LogP contribution in [0.25, 0.3) is 6.08 Å². The third-order valence-electron chi connectivity index (χ3n) is 3.45. The predicted octanol–water partition coefficient (Wildman–Crippen LogP) is 3.39. The average molecular weight is 416 g/mol. The van der Waals surface area contributed by atoms with Gasteiger partial charge in [-0.2, -0.15) is 0 Å². The molecule has 0 unspecified atom stereocenters. The highest BCUT2D eigenvalue weighted by atomic mass is 79.9. The second kappa shape index (κ2) is 9.68. The molecule has 0 fully saturated rings. The standard InChI is InChI=1S/C20H18BrNO4/c1-14(22-19(24)12-7-15-5-3-2-4-6-15)20(25)26-13-18(23)16-8-10-17(21)11-9-16/h2-12,14H,13H2,1H3,(H,22,24)/b12-7+/t14-/m0/s1. The van der Waals surface area contributed by atoms with Crippen molar-refractivity contribution in [2.75, 3.05) is 6.61 Å². The molecule has 2 aromatic rings. The smallest absolute Gasteiger partial charge is 0.328 e. The number of carbonyl (C=O) groups is 3. The van der Waals surface area contributed by atoms with Crippen LogP contribution in [0.15, 0.2) is 65.1 Å². The minimum Gasteiger partial charge on any atom is -0.456 e. The van der Waals surface area contributed by atoms with Gasteiger partial charge in [-0.1, -0.05) is 58.4 Å². The molecule has 0 saturated heterocycles. The Labute approximate surface area is 160 Å². The summed E-state index contributed by atoms with van der Waals surface area (Å²) < 4.78 is 5.83. The Morgan fingerprint density at radius 1 is 1.08 bits per heavy atom. The largest absolute Gasteiger partial charge is 0.456 e. The number of benzene rings is 2. The summed E-state index contributed by atoms with van der Waals surface area (Å²) in [4.78, 5) is 35.7. The zero-order chi connectivity index (χ0) is 18.9. The fourth-order valence-corrected chi connectivity index (χ4v) is 2.30. The van der Waals surface area contributed by atoms with Crippen molar-refractivity contribution in [2.24, 2.45) is 0 Å². The number of ketones is 1. The summed E-state index contributed by atoms with van der Waals surface area (Å²) in [6, 6.07) is 15.2. The summed E-state index contributed by atoms with van der Waals surface area (Å²) in [5.41, 5.74) is 1.32. The Bertz CT molecular complexity index is 800. The van der Waals surface area contributed by atoms with Crippen molar-refractivity contribution in [1.29, 1.82) is 0 Å². The number of amides is 1. The van der Waals surface area contributed by atoms with Crippen LogP contribution in [-0.4, -0.2) is 30.3 Å². The topological polar surface area (TPSA) is 72.5 Å². The minimum atomic E-state index is -0.861. The highest BCUT2D eigenvalue weighted by Gasteiger charge is 2.17. The summed E-state index contributed by atoms with van der Waals surface area (Å²) >= 11 is 3.28. The molecule has 1 amide bonds. The Balaban J connectivity index is 1.79. The van der Waals surface area contributed by atoms with Gasteiger partial charge in [-0.05, 0) is 30.7 Å². The molecule has 2 rings (SSSR count). The highest BCUT2D eigenvalue weighted by Crippen LogP contribution is 2.11. The quantitative estimate of drug-likeness (QED) is 0.427. The van der Waals surface area contributed by atoms with Gasteiger partial charge in [0.15, 0.2) is 12.4 Å². The lowest BCUT2D eigenvalue weighted by Gasteiger charge is -2.12. The summed E-state index contributed by atoms with van der Waals surface area (Å²) in [5, 5.41) is 2.50. The normalized spacial score (nSPS) is 11.8. The molecular formula is C20H18BrNO4. The molecule has 0 heterocycles. The Morgan fingerprint density at radius 2 is 1.73 bits per heavy atom. The molecule has 1 atom stereocenters. The number of Topliss-reactive ketones (excluding diaryl/α,β-unsaturated/α-hetero) is 1. The zero-order valence-electron chi connectivity index (χ0n) is 14.1. The maximum atomic E-state index is 12.0. The predicted molar refractivity (Wildman–Crippen MR) is 103 cm³/mol. The molecule has 5 nitrogen and oxygen atoms in total. The molecule has 0 aliphatic rings. The van der Waals surface area contributed by atoms with E-state index in [4.69, 9.17) is 4.74 Å². The summed E-state index contributed by atoms with van der Waals surface area (Å²) in [6.07, 6.45) is 2.98. The molecule has 134 valence electrons. The molecule has 26 heavy (non-hydrogen) atoms. The van der Waals surface area contributed by atoms with Crippen LogP contribution in [0, 0.1) is 0 Å². The first-order valence-corrected chi connectivity index (χ1v) is 8.74. The van der Waals surface area contributed by atoms with Gasteiger partial charge in [-0.3, -0.25) is 9.59 Å². The first-order chi connectivity index (χ1) is 12.5. The van der Waals surface area contributed by atoms with Crippen LogP contribution in [0.4, 0.5) is 0 Å². The number of hydrogen-bond acceptors (Lipinski definition) is 4. The lowest BCUT2D eigenvalue weighted by Crippen LogP contribution is -2.39. The number of rotatable bonds is 7. The summed E-state index contributed by atoms with van der Waals surface area (Å²) in [5.74, 6) is -1.40. The second-order valence-electron chi connectivity index (χ2n) is 5.51. The van der Waals surface area contributed by atoms with Crippen LogP contribution in [0.1, 0.15) is 22.8 Å². The Kier molecular flexibility index (Phi) is 7.29. The molecule has 0 bridgehead atoms. The van der Waals surface area contributed by atoms with Gasteiger partial charge in [0, 0.05) is 16.1 Å².